The normalized spacial score (nSPS) is 14.6. The second-order valence-electron chi connectivity index (χ2n) is 7.64. The van der Waals surface area contributed by atoms with Crippen LogP contribution in [0.2, 0.25) is 0 Å². The van der Waals surface area contributed by atoms with Gasteiger partial charge in [-0.1, -0.05) is 19.3 Å². The van der Waals surface area contributed by atoms with Crippen LogP contribution in [0.15, 0.2) is 46.2 Å². The summed E-state index contributed by atoms with van der Waals surface area (Å²) in [6, 6.07) is 9.15. The number of aromatic nitrogens is 4. The molecule has 1 amide bonds. The summed E-state index contributed by atoms with van der Waals surface area (Å²) in [7, 11) is 0. The molecule has 0 radical (unpaired) electrons. The van der Waals surface area contributed by atoms with Crippen molar-refractivity contribution in [1.82, 2.24) is 20.0 Å². The van der Waals surface area contributed by atoms with Crippen molar-refractivity contribution in [2.24, 2.45) is 0 Å². The van der Waals surface area contributed by atoms with Crippen LogP contribution in [0.1, 0.15) is 53.7 Å². The smallest absolute Gasteiger partial charge is 0.264 e. The van der Waals surface area contributed by atoms with E-state index in [2.05, 4.69) is 32.7 Å². The molecule has 0 bridgehead atoms. The number of thioether (sulfide) groups is 1. The van der Waals surface area contributed by atoms with Crippen LogP contribution >= 0.6 is 11.8 Å². The molecule has 4 rings (SSSR count). The molecule has 2 aromatic heterocycles. The first kappa shape index (κ1) is 20.4. The van der Waals surface area contributed by atoms with Gasteiger partial charge in [-0.3, -0.25) is 9.59 Å². The molecule has 0 unspecified atom stereocenters. The Hall–Kier alpha value is -2.87. The molecule has 7 nitrogen and oxygen atoms in total. The molecule has 1 fully saturated rings. The van der Waals surface area contributed by atoms with Gasteiger partial charge in [0.15, 0.2) is 5.82 Å². The summed E-state index contributed by atoms with van der Waals surface area (Å²) in [5, 5.41) is 14.3. The van der Waals surface area contributed by atoms with Crippen LogP contribution in [0.4, 0.5) is 5.69 Å². The highest BCUT2D eigenvalue weighted by atomic mass is 32.2. The molecular weight excluding hydrogens is 398 g/mol. The topological polar surface area (TPSA) is 92.7 Å². The van der Waals surface area contributed by atoms with Crippen molar-refractivity contribution in [3.05, 3.63) is 63.7 Å². The van der Waals surface area contributed by atoms with Crippen molar-refractivity contribution in [1.29, 1.82) is 0 Å². The van der Waals surface area contributed by atoms with Gasteiger partial charge in [0.1, 0.15) is 0 Å². The predicted molar refractivity (Wildman–Crippen MR) is 119 cm³/mol. The van der Waals surface area contributed by atoms with Crippen molar-refractivity contribution in [3.8, 4) is 5.82 Å². The number of anilines is 1. The van der Waals surface area contributed by atoms with E-state index in [4.69, 9.17) is 0 Å². The second-order valence-corrected chi connectivity index (χ2v) is 9.02. The van der Waals surface area contributed by atoms with Gasteiger partial charge in [-0.15, -0.1) is 11.8 Å². The summed E-state index contributed by atoms with van der Waals surface area (Å²) in [5.74, 6) is 0.227. The molecule has 0 spiro atoms. The molecular formula is C22H25N5O2S. The summed E-state index contributed by atoms with van der Waals surface area (Å²) in [4.78, 5) is 25.3. The lowest BCUT2D eigenvalue weighted by atomic mass is 10.0. The lowest BCUT2D eigenvalue weighted by Gasteiger charge is -2.21. The lowest BCUT2D eigenvalue weighted by molar-refractivity contribution is 0.102. The minimum absolute atomic E-state index is 0.223. The van der Waals surface area contributed by atoms with E-state index in [1.54, 1.807) is 13.0 Å². The molecule has 0 atom stereocenters. The van der Waals surface area contributed by atoms with Crippen molar-refractivity contribution in [2.75, 3.05) is 5.32 Å². The number of rotatable bonds is 5. The number of amides is 1. The van der Waals surface area contributed by atoms with Gasteiger partial charge in [0.25, 0.3) is 11.5 Å². The van der Waals surface area contributed by atoms with Gasteiger partial charge >= 0.3 is 0 Å². The SMILES string of the molecule is Cc1cc(SC2CCCCC2)ccc1NC(=O)c1cnn(-c2ccc(=O)[nH]n2)c1C. The minimum atomic E-state index is -0.290. The minimum Gasteiger partial charge on any atom is -0.322 e. The highest BCUT2D eigenvalue weighted by molar-refractivity contribution is 8.00. The molecule has 156 valence electrons. The molecule has 2 heterocycles. The van der Waals surface area contributed by atoms with Crippen LogP contribution in [0.5, 0.6) is 0 Å². The summed E-state index contributed by atoms with van der Waals surface area (Å²) < 4.78 is 1.53. The number of benzene rings is 1. The molecule has 2 N–H and O–H groups in total. The highest BCUT2D eigenvalue weighted by Crippen LogP contribution is 2.35. The van der Waals surface area contributed by atoms with Crippen molar-refractivity contribution >= 4 is 23.4 Å². The first-order chi connectivity index (χ1) is 14.5. The maximum Gasteiger partial charge on any atom is 0.264 e. The van der Waals surface area contributed by atoms with E-state index in [1.165, 1.54) is 53.9 Å². The standard InChI is InChI=1S/C22H25N5O2S/c1-14-12-17(30-16-6-4-3-5-7-16)8-9-19(14)24-22(29)18-13-23-27(15(18)2)20-10-11-21(28)26-25-20/h8-13,16H,3-7H2,1-2H3,(H,24,29)(H,26,28). The maximum atomic E-state index is 12.8. The molecule has 3 aromatic rings. The fourth-order valence-corrected chi connectivity index (χ4v) is 5.08. The summed E-state index contributed by atoms with van der Waals surface area (Å²) >= 11 is 1.95. The number of nitrogens with one attached hydrogen (secondary N) is 2. The summed E-state index contributed by atoms with van der Waals surface area (Å²) in [6.07, 6.45) is 8.10. The highest BCUT2D eigenvalue weighted by Gasteiger charge is 2.18. The van der Waals surface area contributed by atoms with E-state index in [9.17, 15) is 9.59 Å². The Morgan fingerprint density at radius 1 is 1.17 bits per heavy atom. The van der Waals surface area contributed by atoms with Gasteiger partial charge in [0.2, 0.25) is 0 Å². The summed E-state index contributed by atoms with van der Waals surface area (Å²) in [6.45, 7) is 3.81. The zero-order valence-electron chi connectivity index (χ0n) is 17.1. The van der Waals surface area contributed by atoms with Gasteiger partial charge in [0, 0.05) is 21.9 Å². The van der Waals surface area contributed by atoms with Gasteiger partial charge < -0.3 is 5.32 Å². The van der Waals surface area contributed by atoms with E-state index >= 15 is 0 Å². The van der Waals surface area contributed by atoms with Crippen LogP contribution in [-0.2, 0) is 0 Å². The zero-order valence-corrected chi connectivity index (χ0v) is 18.0. The largest absolute Gasteiger partial charge is 0.322 e. The van der Waals surface area contributed by atoms with Crippen LogP contribution < -0.4 is 10.9 Å². The predicted octanol–water partition coefficient (Wildman–Crippen LogP) is 4.25. The van der Waals surface area contributed by atoms with E-state index in [-0.39, 0.29) is 11.5 Å². The third-order valence-corrected chi connectivity index (χ3v) is 6.77. The van der Waals surface area contributed by atoms with Crippen molar-refractivity contribution in [2.45, 2.75) is 56.1 Å². The Labute approximate surface area is 179 Å². The number of nitrogens with zero attached hydrogens (tertiary/aromatic N) is 3. The molecule has 0 saturated heterocycles. The Bertz CT molecular complexity index is 1090. The van der Waals surface area contributed by atoms with Gasteiger partial charge in [-0.05, 0) is 56.5 Å². The number of hydrogen-bond donors (Lipinski definition) is 2. The second kappa shape index (κ2) is 8.87. The van der Waals surface area contributed by atoms with Crippen LogP contribution in [-0.4, -0.2) is 31.1 Å². The Kier molecular flexibility index (Phi) is 6.03. The van der Waals surface area contributed by atoms with Crippen LogP contribution in [0.3, 0.4) is 0 Å². The Balaban J connectivity index is 1.47. The summed E-state index contributed by atoms with van der Waals surface area (Å²) in [5.41, 5.74) is 2.65. The molecule has 0 aliphatic heterocycles. The fourth-order valence-electron chi connectivity index (χ4n) is 3.73. The first-order valence-electron chi connectivity index (χ1n) is 10.2. The van der Waals surface area contributed by atoms with Crippen molar-refractivity contribution < 1.29 is 4.79 Å². The number of carbonyl (C=O) groups excluding carboxylic acids is 1. The zero-order chi connectivity index (χ0) is 21.1. The number of hydrogen-bond acceptors (Lipinski definition) is 5. The molecule has 1 aliphatic carbocycles. The van der Waals surface area contributed by atoms with Crippen LogP contribution in [0, 0.1) is 13.8 Å². The Morgan fingerprint density at radius 3 is 2.67 bits per heavy atom. The van der Waals surface area contributed by atoms with Gasteiger partial charge in [-0.25, -0.2) is 9.78 Å². The van der Waals surface area contributed by atoms with Crippen molar-refractivity contribution in [3.63, 3.8) is 0 Å². The Morgan fingerprint density at radius 2 is 1.97 bits per heavy atom. The number of H-pyrrole nitrogens is 1. The third-order valence-electron chi connectivity index (χ3n) is 5.44. The monoisotopic (exact) mass is 423 g/mol. The van der Waals surface area contributed by atoms with E-state index in [0.29, 0.717) is 22.3 Å². The van der Waals surface area contributed by atoms with E-state index < -0.39 is 0 Å². The third kappa shape index (κ3) is 4.48. The fraction of sp³-hybridized carbons (Fsp3) is 0.364. The number of carbonyl (C=O) groups is 1. The molecule has 1 saturated carbocycles. The average Bonchev–Trinajstić information content (AvgIpc) is 3.13. The quantitative estimate of drug-likeness (QED) is 0.640. The van der Waals surface area contributed by atoms with Gasteiger partial charge in [0.05, 0.1) is 17.5 Å². The average molecular weight is 424 g/mol. The molecule has 1 aliphatic rings. The van der Waals surface area contributed by atoms with Gasteiger partial charge in [-0.2, -0.15) is 10.2 Å². The van der Waals surface area contributed by atoms with Crippen LogP contribution in [0.25, 0.3) is 5.82 Å². The first-order valence-corrected chi connectivity index (χ1v) is 11.1. The number of aryl methyl sites for hydroxylation is 1. The van der Waals surface area contributed by atoms with E-state index in [0.717, 1.165) is 11.3 Å². The molecule has 8 heteroatoms. The lowest BCUT2D eigenvalue weighted by Crippen LogP contribution is -2.15. The van der Waals surface area contributed by atoms with E-state index in [1.807, 2.05) is 24.8 Å². The number of aromatic amines is 1. The maximum absolute atomic E-state index is 12.8. The molecule has 1 aromatic carbocycles. The molecule has 30 heavy (non-hydrogen) atoms.